The Morgan fingerprint density at radius 3 is 1.77 bits per heavy atom. The second kappa shape index (κ2) is 15.4. The van der Waals surface area contributed by atoms with E-state index in [1.165, 1.54) is 100 Å². The molecule has 1 atom stereocenters. The number of nitrogens with zero attached hydrogens (tertiary/aromatic N) is 2. The first-order valence-corrected chi connectivity index (χ1v) is 24.5. The number of fused-ring (bicyclic) bond motifs is 9. The summed E-state index contributed by atoms with van der Waals surface area (Å²) in [6, 6.07) is 94.9. The second-order valence-electron chi connectivity index (χ2n) is 19.6. The van der Waals surface area contributed by atoms with Gasteiger partial charge in [-0.05, 0) is 127 Å². The molecule has 14 rings (SSSR count). The molecule has 0 saturated carbocycles. The van der Waals surface area contributed by atoms with Crippen LogP contribution in [0.25, 0.3) is 55.3 Å². The number of hydrogen-bond donors (Lipinski definition) is 0. The lowest BCUT2D eigenvalue weighted by Gasteiger charge is -2.45. The molecule has 11 aromatic rings. The molecule has 1 heterocycles. The van der Waals surface area contributed by atoms with Crippen LogP contribution in [0.15, 0.2) is 255 Å². The monoisotopic (exact) mass is 892 g/mol. The van der Waals surface area contributed by atoms with E-state index in [0.29, 0.717) is 0 Å². The largest absolute Gasteiger partial charge is 0.310 e. The molecule has 2 nitrogen and oxygen atoms in total. The van der Waals surface area contributed by atoms with Gasteiger partial charge in [-0.1, -0.05) is 214 Å². The van der Waals surface area contributed by atoms with E-state index in [1.807, 2.05) is 0 Å². The average Bonchev–Trinajstić information content (AvgIpc) is 3.85. The molecular formula is C68H48N2. The molecule has 0 fully saturated rings. The summed E-state index contributed by atoms with van der Waals surface area (Å²) < 4.78 is 0. The standard InChI is InChI=1S/C68H48N2/c1-67(2)59-29-15-14-28-55(59)56-40-38-52(44-61(56)67)69(63-32-18-22-46-21-12-13-27-53(46)63)51-36-33-45(34-37-51)48-35-39-57-58-42-41-54(47-19-6-3-7-20-47)66-65(58)68(62(57)43-48,49-23-8-4-9-24-49)60-30-16-17-31-64(60)70(66)50-25-10-5-11-26-50/h3-44H,1-2H3. The minimum atomic E-state index is -0.587. The number of para-hydroxylation sites is 2. The second-order valence-corrected chi connectivity index (χ2v) is 19.6. The molecule has 2 aliphatic carbocycles. The van der Waals surface area contributed by atoms with Gasteiger partial charge < -0.3 is 9.80 Å². The fraction of sp³-hybridized carbons (Fsp3) is 0.0588. The van der Waals surface area contributed by atoms with Crippen molar-refractivity contribution in [2.75, 3.05) is 9.80 Å². The molecule has 3 aliphatic rings. The third kappa shape index (κ3) is 5.74. The number of anilines is 6. The van der Waals surface area contributed by atoms with Crippen LogP contribution in [0, 0.1) is 0 Å². The van der Waals surface area contributed by atoms with Crippen molar-refractivity contribution in [1.29, 1.82) is 0 Å². The van der Waals surface area contributed by atoms with Crippen LogP contribution in [0.4, 0.5) is 34.1 Å². The predicted molar refractivity (Wildman–Crippen MR) is 293 cm³/mol. The van der Waals surface area contributed by atoms with Gasteiger partial charge in [-0.25, -0.2) is 0 Å². The zero-order valence-electron chi connectivity index (χ0n) is 39.1. The number of hydrogen-bond acceptors (Lipinski definition) is 2. The van der Waals surface area contributed by atoms with Gasteiger partial charge in [0.05, 0.1) is 22.5 Å². The van der Waals surface area contributed by atoms with Gasteiger partial charge in [-0.2, -0.15) is 0 Å². The van der Waals surface area contributed by atoms with E-state index >= 15 is 0 Å². The van der Waals surface area contributed by atoms with E-state index in [2.05, 4.69) is 278 Å². The maximum atomic E-state index is 2.52. The van der Waals surface area contributed by atoms with Gasteiger partial charge >= 0.3 is 0 Å². The normalized spacial score (nSPS) is 15.4. The Labute approximate surface area is 410 Å². The van der Waals surface area contributed by atoms with Crippen LogP contribution in [0.3, 0.4) is 0 Å². The molecule has 0 radical (unpaired) electrons. The summed E-state index contributed by atoms with van der Waals surface area (Å²) >= 11 is 0. The first-order valence-electron chi connectivity index (χ1n) is 24.5. The highest BCUT2D eigenvalue weighted by Gasteiger charge is 2.53. The molecule has 1 aliphatic heterocycles. The molecule has 2 heteroatoms. The molecule has 0 N–H and O–H groups in total. The van der Waals surface area contributed by atoms with Crippen molar-refractivity contribution in [3.63, 3.8) is 0 Å². The van der Waals surface area contributed by atoms with Gasteiger partial charge in [-0.3, -0.25) is 0 Å². The first kappa shape index (κ1) is 40.4. The SMILES string of the molecule is CC1(C)c2ccccc2-c2ccc(N(c3ccc(-c4ccc5c(c4)C4(c6ccccc6)c6ccccc6N(c6ccccc6)c6c(-c7ccccc7)ccc-5c64)cc3)c3cccc4ccccc34)cc21. The van der Waals surface area contributed by atoms with Crippen molar-refractivity contribution in [1.82, 2.24) is 0 Å². The summed E-state index contributed by atoms with van der Waals surface area (Å²) in [5, 5.41) is 2.44. The highest BCUT2D eigenvalue weighted by Crippen LogP contribution is 2.66. The quantitative estimate of drug-likeness (QED) is 0.157. The summed E-state index contributed by atoms with van der Waals surface area (Å²) in [7, 11) is 0. The van der Waals surface area contributed by atoms with E-state index in [0.717, 1.165) is 22.7 Å². The molecular weight excluding hydrogens is 845 g/mol. The average molecular weight is 893 g/mol. The molecule has 1 unspecified atom stereocenters. The van der Waals surface area contributed by atoms with Crippen molar-refractivity contribution >= 4 is 44.9 Å². The molecule has 0 spiro atoms. The molecule has 0 saturated heterocycles. The Bertz CT molecular complexity index is 3850. The van der Waals surface area contributed by atoms with Crippen molar-refractivity contribution in [2.45, 2.75) is 24.7 Å². The van der Waals surface area contributed by atoms with E-state index in [1.54, 1.807) is 0 Å². The van der Waals surface area contributed by atoms with Gasteiger partial charge in [0.15, 0.2) is 0 Å². The van der Waals surface area contributed by atoms with Gasteiger partial charge in [0, 0.05) is 39.0 Å². The third-order valence-corrected chi connectivity index (χ3v) is 15.6. The summed E-state index contributed by atoms with van der Waals surface area (Å²) in [6.07, 6.45) is 0. The molecule has 0 amide bonds. The summed E-state index contributed by atoms with van der Waals surface area (Å²) in [4.78, 5) is 4.98. The molecule has 11 aromatic carbocycles. The van der Waals surface area contributed by atoms with Crippen LogP contribution >= 0.6 is 0 Å². The van der Waals surface area contributed by atoms with E-state index in [-0.39, 0.29) is 5.41 Å². The minimum Gasteiger partial charge on any atom is -0.310 e. The Kier molecular flexibility index (Phi) is 8.88. The Morgan fingerprint density at radius 1 is 0.371 bits per heavy atom. The Balaban J connectivity index is 0.956. The van der Waals surface area contributed by atoms with E-state index in [9.17, 15) is 0 Å². The van der Waals surface area contributed by atoms with E-state index in [4.69, 9.17) is 0 Å². The highest BCUT2D eigenvalue weighted by atomic mass is 15.2. The smallest absolute Gasteiger partial charge is 0.0754 e. The van der Waals surface area contributed by atoms with Crippen molar-refractivity contribution < 1.29 is 0 Å². The maximum Gasteiger partial charge on any atom is 0.0754 e. The lowest BCUT2D eigenvalue weighted by atomic mass is 9.64. The van der Waals surface area contributed by atoms with Crippen molar-refractivity contribution in [3.8, 4) is 44.5 Å². The zero-order chi connectivity index (χ0) is 46.6. The Morgan fingerprint density at radius 2 is 0.957 bits per heavy atom. The predicted octanol–water partition coefficient (Wildman–Crippen LogP) is 18.1. The van der Waals surface area contributed by atoms with Crippen molar-refractivity contribution in [2.24, 2.45) is 0 Å². The van der Waals surface area contributed by atoms with Gasteiger partial charge in [0.25, 0.3) is 0 Å². The molecule has 0 aromatic heterocycles. The van der Waals surface area contributed by atoms with Crippen LogP contribution < -0.4 is 9.80 Å². The lowest BCUT2D eigenvalue weighted by molar-refractivity contribution is 0.660. The summed E-state index contributed by atoms with van der Waals surface area (Å²) in [5.41, 5.74) is 24.2. The number of rotatable bonds is 7. The van der Waals surface area contributed by atoms with Gasteiger partial charge in [0.2, 0.25) is 0 Å². The zero-order valence-corrected chi connectivity index (χ0v) is 39.1. The lowest BCUT2D eigenvalue weighted by Crippen LogP contribution is -2.36. The fourth-order valence-electron chi connectivity index (χ4n) is 12.5. The molecule has 70 heavy (non-hydrogen) atoms. The van der Waals surface area contributed by atoms with Gasteiger partial charge in [0.1, 0.15) is 0 Å². The highest BCUT2D eigenvalue weighted by molar-refractivity contribution is 6.05. The molecule has 330 valence electrons. The van der Waals surface area contributed by atoms with Crippen LogP contribution in [-0.2, 0) is 10.8 Å². The summed E-state index contributed by atoms with van der Waals surface area (Å²) in [6.45, 7) is 4.73. The van der Waals surface area contributed by atoms with Gasteiger partial charge in [-0.15, -0.1) is 0 Å². The van der Waals surface area contributed by atoms with Crippen molar-refractivity contribution in [3.05, 3.63) is 288 Å². The Hall–Kier alpha value is -8.72. The third-order valence-electron chi connectivity index (χ3n) is 15.6. The van der Waals surface area contributed by atoms with Crippen LogP contribution in [0.1, 0.15) is 47.2 Å². The topological polar surface area (TPSA) is 6.48 Å². The van der Waals surface area contributed by atoms with Crippen LogP contribution in [-0.4, -0.2) is 0 Å². The fourth-order valence-corrected chi connectivity index (χ4v) is 12.5. The minimum absolute atomic E-state index is 0.122. The van der Waals surface area contributed by atoms with Crippen LogP contribution in [0.2, 0.25) is 0 Å². The first-order chi connectivity index (χ1) is 34.5. The van der Waals surface area contributed by atoms with E-state index < -0.39 is 5.41 Å². The summed E-state index contributed by atoms with van der Waals surface area (Å²) in [5.74, 6) is 0. The van der Waals surface area contributed by atoms with Crippen LogP contribution in [0.5, 0.6) is 0 Å². The maximum absolute atomic E-state index is 2.52. The molecule has 0 bridgehead atoms. The number of benzene rings is 11.